The average molecular weight is 348 g/mol. The Morgan fingerprint density at radius 2 is 2.00 bits per heavy atom. The third-order valence-electron chi connectivity index (χ3n) is 4.65. The topological polar surface area (TPSA) is 50.2 Å². The second-order valence-corrected chi connectivity index (χ2v) is 6.31. The molecule has 7 heteroatoms. The van der Waals surface area contributed by atoms with E-state index in [0.717, 1.165) is 37.2 Å². The van der Waals surface area contributed by atoms with Gasteiger partial charge in [-0.05, 0) is 37.5 Å². The molecule has 0 atom stereocenters. The van der Waals surface area contributed by atoms with Crippen LogP contribution in [-0.4, -0.2) is 27.3 Å². The Morgan fingerprint density at radius 3 is 2.72 bits per heavy atom. The van der Waals surface area contributed by atoms with Gasteiger partial charge in [0.25, 0.3) is 0 Å². The maximum Gasteiger partial charge on any atom is 0.322 e. The number of halogens is 2. The number of nitrogens with one attached hydrogen (secondary N) is 1. The Morgan fingerprint density at radius 1 is 1.28 bits per heavy atom. The molecule has 1 aromatic carbocycles. The highest BCUT2D eigenvalue weighted by Crippen LogP contribution is 2.25. The lowest BCUT2D eigenvalue weighted by Crippen LogP contribution is -2.39. The van der Waals surface area contributed by atoms with Crippen molar-refractivity contribution in [2.45, 2.75) is 46.2 Å². The van der Waals surface area contributed by atoms with Gasteiger partial charge in [0.1, 0.15) is 11.6 Å². The van der Waals surface area contributed by atoms with E-state index in [0.29, 0.717) is 24.2 Å². The van der Waals surface area contributed by atoms with E-state index >= 15 is 0 Å². The first-order chi connectivity index (χ1) is 12.0. The van der Waals surface area contributed by atoms with Crippen molar-refractivity contribution >= 4 is 11.7 Å². The highest BCUT2D eigenvalue weighted by atomic mass is 19.1. The SMILES string of the molecule is CCCCn1ncc(NC(=O)N2CCc3c(F)ccc(F)c3C2)c1C. The van der Waals surface area contributed by atoms with Crippen molar-refractivity contribution in [2.75, 3.05) is 11.9 Å². The van der Waals surface area contributed by atoms with Crippen LogP contribution in [0.25, 0.3) is 0 Å². The molecule has 5 nitrogen and oxygen atoms in total. The first-order valence-electron chi connectivity index (χ1n) is 8.55. The minimum Gasteiger partial charge on any atom is -0.320 e. The lowest BCUT2D eigenvalue weighted by Gasteiger charge is -2.29. The zero-order chi connectivity index (χ0) is 18.0. The number of aromatic nitrogens is 2. The molecule has 2 aromatic rings. The van der Waals surface area contributed by atoms with Gasteiger partial charge in [-0.15, -0.1) is 0 Å². The number of hydrogen-bond acceptors (Lipinski definition) is 2. The highest BCUT2D eigenvalue weighted by molar-refractivity contribution is 5.89. The molecule has 2 heterocycles. The Bertz CT molecular complexity index is 788. The number of unbranched alkanes of at least 4 members (excludes halogenated alkanes) is 1. The van der Waals surface area contributed by atoms with E-state index in [1.54, 1.807) is 6.20 Å². The first kappa shape index (κ1) is 17.4. The van der Waals surface area contributed by atoms with Gasteiger partial charge in [0.15, 0.2) is 0 Å². The van der Waals surface area contributed by atoms with Gasteiger partial charge in [0.2, 0.25) is 0 Å². The van der Waals surface area contributed by atoms with Crippen molar-refractivity contribution in [3.05, 3.63) is 46.8 Å². The summed E-state index contributed by atoms with van der Waals surface area (Å²) in [7, 11) is 0. The molecule has 0 unspecified atom stereocenters. The van der Waals surface area contributed by atoms with Crippen LogP contribution in [0, 0.1) is 18.6 Å². The van der Waals surface area contributed by atoms with Crippen LogP contribution in [0.3, 0.4) is 0 Å². The molecule has 0 spiro atoms. The van der Waals surface area contributed by atoms with Gasteiger partial charge in [-0.3, -0.25) is 4.68 Å². The molecular formula is C18H22F2N4O. The maximum atomic E-state index is 14.0. The molecule has 25 heavy (non-hydrogen) atoms. The van der Waals surface area contributed by atoms with Gasteiger partial charge in [-0.25, -0.2) is 13.6 Å². The number of hydrogen-bond donors (Lipinski definition) is 1. The van der Waals surface area contributed by atoms with Crippen LogP contribution in [0.1, 0.15) is 36.6 Å². The minimum atomic E-state index is -0.475. The van der Waals surface area contributed by atoms with E-state index in [1.807, 2.05) is 11.6 Å². The Balaban J connectivity index is 1.71. The minimum absolute atomic E-state index is 0.0633. The number of nitrogens with zero attached hydrogens (tertiary/aromatic N) is 3. The molecule has 0 saturated heterocycles. The second kappa shape index (κ2) is 7.21. The normalized spacial score (nSPS) is 13.7. The van der Waals surface area contributed by atoms with Gasteiger partial charge in [-0.1, -0.05) is 13.3 Å². The lowest BCUT2D eigenvalue weighted by atomic mass is 9.99. The number of rotatable bonds is 4. The summed E-state index contributed by atoms with van der Waals surface area (Å²) in [6, 6.07) is 1.92. The van der Waals surface area contributed by atoms with E-state index in [-0.39, 0.29) is 18.1 Å². The molecule has 3 rings (SSSR count). The summed E-state index contributed by atoms with van der Waals surface area (Å²) >= 11 is 0. The number of fused-ring (bicyclic) bond motifs is 1. The summed E-state index contributed by atoms with van der Waals surface area (Å²) in [6.07, 6.45) is 4.02. The molecule has 0 saturated carbocycles. The largest absolute Gasteiger partial charge is 0.322 e. The molecule has 1 aliphatic heterocycles. The van der Waals surface area contributed by atoms with E-state index in [1.165, 1.54) is 4.90 Å². The summed E-state index contributed by atoms with van der Waals surface area (Å²) in [5, 5.41) is 7.12. The third kappa shape index (κ3) is 3.50. The Hall–Kier alpha value is -2.44. The average Bonchev–Trinajstić information content (AvgIpc) is 2.96. The summed E-state index contributed by atoms with van der Waals surface area (Å²) in [5.74, 6) is -0.887. The van der Waals surface area contributed by atoms with Gasteiger partial charge in [0, 0.05) is 18.7 Å². The number of carbonyl (C=O) groups is 1. The second-order valence-electron chi connectivity index (χ2n) is 6.31. The van der Waals surface area contributed by atoms with Crippen LogP contribution in [-0.2, 0) is 19.5 Å². The van der Waals surface area contributed by atoms with Crippen LogP contribution < -0.4 is 5.32 Å². The molecule has 0 bridgehead atoms. The molecule has 1 aliphatic rings. The monoisotopic (exact) mass is 348 g/mol. The number of benzene rings is 1. The summed E-state index contributed by atoms with van der Waals surface area (Å²) < 4.78 is 29.6. The zero-order valence-electron chi connectivity index (χ0n) is 14.5. The quantitative estimate of drug-likeness (QED) is 0.912. The number of aryl methyl sites for hydroxylation is 1. The zero-order valence-corrected chi connectivity index (χ0v) is 14.5. The Kier molecular flexibility index (Phi) is 5.01. The highest BCUT2D eigenvalue weighted by Gasteiger charge is 2.26. The summed E-state index contributed by atoms with van der Waals surface area (Å²) in [5.41, 5.74) is 2.16. The van der Waals surface area contributed by atoms with Gasteiger partial charge >= 0.3 is 6.03 Å². The van der Waals surface area contributed by atoms with Crippen LogP contribution in [0.15, 0.2) is 18.3 Å². The molecule has 2 amide bonds. The number of amides is 2. The third-order valence-corrected chi connectivity index (χ3v) is 4.65. The van der Waals surface area contributed by atoms with Crippen molar-refractivity contribution in [3.8, 4) is 0 Å². The Labute approximate surface area is 145 Å². The molecule has 0 aliphatic carbocycles. The predicted octanol–water partition coefficient (Wildman–Crippen LogP) is 3.86. The van der Waals surface area contributed by atoms with Gasteiger partial charge < -0.3 is 10.2 Å². The summed E-state index contributed by atoms with van der Waals surface area (Å²) in [6.45, 7) is 5.23. The van der Waals surface area contributed by atoms with Crippen molar-refractivity contribution in [1.29, 1.82) is 0 Å². The van der Waals surface area contributed by atoms with Crippen molar-refractivity contribution in [1.82, 2.24) is 14.7 Å². The lowest BCUT2D eigenvalue weighted by molar-refractivity contribution is 0.204. The van der Waals surface area contributed by atoms with Crippen LogP contribution in [0.5, 0.6) is 0 Å². The fraction of sp³-hybridized carbons (Fsp3) is 0.444. The van der Waals surface area contributed by atoms with Gasteiger partial charge in [-0.2, -0.15) is 5.10 Å². The van der Waals surface area contributed by atoms with Crippen molar-refractivity contribution in [3.63, 3.8) is 0 Å². The van der Waals surface area contributed by atoms with Crippen molar-refractivity contribution in [2.24, 2.45) is 0 Å². The number of anilines is 1. The van der Waals surface area contributed by atoms with Crippen LogP contribution >= 0.6 is 0 Å². The fourth-order valence-electron chi connectivity index (χ4n) is 3.06. The van der Waals surface area contributed by atoms with Crippen LogP contribution in [0.2, 0.25) is 0 Å². The molecule has 134 valence electrons. The molecule has 0 radical (unpaired) electrons. The number of urea groups is 1. The van der Waals surface area contributed by atoms with E-state index in [2.05, 4.69) is 17.3 Å². The first-order valence-corrected chi connectivity index (χ1v) is 8.55. The molecule has 1 N–H and O–H groups in total. The fourth-order valence-corrected chi connectivity index (χ4v) is 3.06. The molecule has 1 aromatic heterocycles. The van der Waals surface area contributed by atoms with E-state index in [4.69, 9.17) is 0 Å². The smallest absolute Gasteiger partial charge is 0.320 e. The molecule has 0 fully saturated rings. The van der Waals surface area contributed by atoms with Crippen molar-refractivity contribution < 1.29 is 13.6 Å². The van der Waals surface area contributed by atoms with Gasteiger partial charge in [0.05, 0.1) is 24.1 Å². The standard InChI is InChI=1S/C18H22F2N4O/c1-3-4-8-24-12(2)17(10-21-24)22-18(25)23-9-7-13-14(11-23)16(20)6-5-15(13)19/h5-6,10H,3-4,7-9,11H2,1-2H3,(H,22,25). The van der Waals surface area contributed by atoms with E-state index < -0.39 is 11.6 Å². The number of carbonyl (C=O) groups excluding carboxylic acids is 1. The predicted molar refractivity (Wildman–Crippen MR) is 91.4 cm³/mol. The van der Waals surface area contributed by atoms with E-state index in [9.17, 15) is 13.6 Å². The maximum absolute atomic E-state index is 14.0. The summed E-state index contributed by atoms with van der Waals surface area (Å²) in [4.78, 5) is 14.0. The molecular weight excluding hydrogens is 326 g/mol. The van der Waals surface area contributed by atoms with Crippen LogP contribution in [0.4, 0.5) is 19.3 Å².